The number of carbonyl (C=O) groups excluding carboxylic acids is 1. The molecule has 0 aromatic carbocycles. The fourth-order valence-corrected chi connectivity index (χ4v) is 7.50. The smallest absolute Gasteiger partial charge is 0.148 e. The van der Waals surface area contributed by atoms with E-state index in [1.54, 1.807) is 13.8 Å². The predicted molar refractivity (Wildman–Crippen MR) is 102 cm³/mol. The summed E-state index contributed by atoms with van der Waals surface area (Å²) in [6, 6.07) is 0. The van der Waals surface area contributed by atoms with Gasteiger partial charge in [0.15, 0.2) is 0 Å². The Bertz CT molecular complexity index is 764. The molecule has 2 bridgehead atoms. The second-order valence-electron chi connectivity index (χ2n) is 10.5. The van der Waals surface area contributed by atoms with Gasteiger partial charge in [0.1, 0.15) is 11.4 Å². The van der Waals surface area contributed by atoms with E-state index in [1.807, 2.05) is 27.7 Å². The molecule has 29 heavy (non-hydrogen) atoms. The Morgan fingerprint density at radius 2 is 1.69 bits per heavy atom. The van der Waals surface area contributed by atoms with Gasteiger partial charge in [-0.15, -0.1) is 0 Å². The van der Waals surface area contributed by atoms with E-state index < -0.39 is 58.1 Å². The fourth-order valence-electron chi connectivity index (χ4n) is 7.50. The number of carbonyl (C=O) groups is 1. The molecule has 4 aliphatic rings. The molecule has 0 spiro atoms. The van der Waals surface area contributed by atoms with Gasteiger partial charge >= 0.3 is 0 Å². The summed E-state index contributed by atoms with van der Waals surface area (Å²) < 4.78 is 5.55. The van der Waals surface area contributed by atoms with E-state index in [4.69, 9.17) is 4.74 Å². The summed E-state index contributed by atoms with van der Waals surface area (Å²) in [5, 5.41) is 45.4. The van der Waals surface area contributed by atoms with Crippen LogP contribution in [0.1, 0.15) is 54.4 Å². The van der Waals surface area contributed by atoms with Crippen molar-refractivity contribution in [3.63, 3.8) is 0 Å². The zero-order valence-electron chi connectivity index (χ0n) is 18.3. The van der Waals surface area contributed by atoms with Crippen molar-refractivity contribution < 1.29 is 74.0 Å². The van der Waals surface area contributed by atoms with E-state index in [0.29, 0.717) is 0 Å². The quantitative estimate of drug-likeness (QED) is 0.303. The maximum absolute atomic E-state index is 13.9. The second kappa shape index (κ2) is 7.07. The Balaban J connectivity index is 0.00000240. The van der Waals surface area contributed by atoms with Crippen LogP contribution in [0.25, 0.3) is 0 Å². The first-order valence-corrected chi connectivity index (χ1v) is 10.4. The Kier molecular flexibility index (Phi) is 5.93. The maximum Gasteiger partial charge on any atom is 0.148 e. The topological polar surface area (TPSA) is 107 Å². The van der Waals surface area contributed by atoms with Gasteiger partial charge in [0.05, 0.1) is 35.9 Å². The van der Waals surface area contributed by atoms with Gasteiger partial charge in [-0.1, -0.05) is 27.7 Å². The van der Waals surface area contributed by atoms with Gasteiger partial charge < -0.3 is 25.2 Å². The number of ketones is 1. The maximum atomic E-state index is 13.9. The third-order valence-electron chi connectivity index (χ3n) is 9.18. The second-order valence-corrected chi connectivity index (χ2v) is 10.5. The SMILES string of the molecule is CC1=C2[C@@H](C)C(=O)[C@]3(C)C(O)CC4OCC4(O)C3C(C)C(O)(CC1O)C2(C)C.[Ac]. The minimum Gasteiger partial charge on any atom is -0.392 e. The standard InChI is InChI=1S/C22H34O6.Ac/c1-10-13(23)8-22(27)12(3)17-20(6,14(24)7-15-21(17,26)9-28-15)18(25)11(2)16(10)19(22,4)5;/h11-15,17,23-24,26-27H,7-9H2,1-6H3;/t11-,12?,13?,14?,15?,17?,20-,21?,22?;/m1./s1. The summed E-state index contributed by atoms with van der Waals surface area (Å²) >= 11 is 0. The van der Waals surface area contributed by atoms with Crippen molar-refractivity contribution in [2.45, 2.75) is 83.9 Å². The van der Waals surface area contributed by atoms with Gasteiger partial charge in [-0.2, -0.15) is 0 Å². The van der Waals surface area contributed by atoms with Crippen molar-refractivity contribution in [2.75, 3.05) is 6.61 Å². The molecule has 1 radical (unpaired) electrons. The number of hydrogen-bond acceptors (Lipinski definition) is 6. The number of fused-ring (bicyclic) bond motifs is 5. The van der Waals surface area contributed by atoms with Crippen molar-refractivity contribution >= 4 is 5.78 Å². The van der Waals surface area contributed by atoms with E-state index in [1.165, 1.54) is 0 Å². The Morgan fingerprint density at radius 1 is 1.10 bits per heavy atom. The molecular weight excluding hydrogens is 587 g/mol. The van der Waals surface area contributed by atoms with E-state index in [-0.39, 0.29) is 69.3 Å². The molecule has 3 aliphatic carbocycles. The van der Waals surface area contributed by atoms with E-state index in [9.17, 15) is 25.2 Å². The van der Waals surface area contributed by atoms with Gasteiger partial charge in [0, 0.05) is 74.2 Å². The van der Waals surface area contributed by atoms with Crippen molar-refractivity contribution in [3.05, 3.63) is 11.1 Å². The molecule has 2 saturated carbocycles. The normalized spacial score (nSPS) is 53.7. The van der Waals surface area contributed by atoms with Crippen LogP contribution in [0.15, 0.2) is 11.1 Å². The molecule has 4 rings (SSSR count). The van der Waals surface area contributed by atoms with Crippen LogP contribution in [0, 0.1) is 72.6 Å². The number of hydrogen-bond donors (Lipinski definition) is 4. The summed E-state index contributed by atoms with van der Waals surface area (Å²) in [7, 11) is 0. The summed E-state index contributed by atoms with van der Waals surface area (Å²) in [5.74, 6) is -1.91. The minimum absolute atomic E-state index is 0. The van der Waals surface area contributed by atoms with Crippen LogP contribution in [-0.4, -0.2) is 62.3 Å². The number of ether oxygens (including phenoxy) is 1. The average molecular weight is 622 g/mol. The zero-order valence-corrected chi connectivity index (χ0v) is 23.0. The van der Waals surface area contributed by atoms with Crippen LogP contribution in [0.3, 0.4) is 0 Å². The monoisotopic (exact) mass is 621 g/mol. The van der Waals surface area contributed by atoms with Crippen LogP contribution in [-0.2, 0) is 9.53 Å². The average Bonchev–Trinajstić information content (AvgIpc) is 2.60. The van der Waals surface area contributed by atoms with Crippen molar-refractivity contribution in [2.24, 2.45) is 28.6 Å². The van der Waals surface area contributed by atoms with E-state index in [2.05, 4.69) is 0 Å². The first-order valence-electron chi connectivity index (χ1n) is 10.4. The van der Waals surface area contributed by atoms with Gasteiger partial charge in [0.25, 0.3) is 0 Å². The first kappa shape index (κ1) is 24.3. The van der Waals surface area contributed by atoms with Crippen molar-refractivity contribution in [1.82, 2.24) is 0 Å². The fraction of sp³-hybridized carbons (Fsp3) is 0.864. The van der Waals surface area contributed by atoms with Crippen LogP contribution >= 0.6 is 0 Å². The molecule has 7 unspecified atom stereocenters. The van der Waals surface area contributed by atoms with Crippen LogP contribution < -0.4 is 0 Å². The minimum atomic E-state index is -1.34. The molecule has 3 fully saturated rings. The number of aliphatic hydroxyl groups is 4. The number of Topliss-reactive ketones (excluding diaryl/α,β-unsaturated/α-hetero) is 1. The molecule has 1 aliphatic heterocycles. The molecule has 6 nitrogen and oxygen atoms in total. The molecule has 1 heterocycles. The number of aliphatic hydroxyl groups excluding tert-OH is 2. The van der Waals surface area contributed by atoms with Gasteiger partial charge in [-0.25, -0.2) is 0 Å². The molecular formula is C22H34AcO6. The molecule has 4 N–H and O–H groups in total. The molecule has 0 aromatic heterocycles. The molecule has 9 atom stereocenters. The van der Waals surface area contributed by atoms with Crippen LogP contribution in [0.5, 0.6) is 0 Å². The van der Waals surface area contributed by atoms with Crippen molar-refractivity contribution in [3.8, 4) is 0 Å². The third kappa shape index (κ3) is 2.71. The van der Waals surface area contributed by atoms with Crippen molar-refractivity contribution in [1.29, 1.82) is 0 Å². The third-order valence-corrected chi connectivity index (χ3v) is 9.18. The zero-order chi connectivity index (χ0) is 21.0. The Hall–Kier alpha value is 0.652. The summed E-state index contributed by atoms with van der Waals surface area (Å²) in [4.78, 5) is 13.9. The summed E-state index contributed by atoms with van der Waals surface area (Å²) in [5.41, 5.74) is -3.07. The first-order chi connectivity index (χ1) is 12.7. The van der Waals surface area contributed by atoms with E-state index >= 15 is 0 Å². The Morgan fingerprint density at radius 3 is 2.21 bits per heavy atom. The molecule has 1 saturated heterocycles. The molecule has 0 amide bonds. The van der Waals surface area contributed by atoms with Crippen LogP contribution in [0.2, 0.25) is 0 Å². The molecule has 7 heteroatoms. The molecule has 161 valence electrons. The van der Waals surface area contributed by atoms with Gasteiger partial charge in [-0.3, -0.25) is 4.79 Å². The molecule has 0 aromatic rings. The van der Waals surface area contributed by atoms with E-state index in [0.717, 1.165) is 11.1 Å². The van der Waals surface area contributed by atoms with Gasteiger partial charge in [-0.05, 0) is 30.9 Å². The Labute approximate surface area is 208 Å². The van der Waals surface area contributed by atoms with Crippen LogP contribution in [0.4, 0.5) is 0 Å². The predicted octanol–water partition coefficient (Wildman–Crippen LogP) is 1.20. The summed E-state index contributed by atoms with van der Waals surface area (Å²) in [6.07, 6.45) is -2.00. The summed E-state index contributed by atoms with van der Waals surface area (Å²) in [6.45, 7) is 11.2. The number of rotatable bonds is 0. The van der Waals surface area contributed by atoms with Gasteiger partial charge in [0.2, 0.25) is 0 Å². The largest absolute Gasteiger partial charge is 0.392 e.